The maximum absolute atomic E-state index is 14.3. The average molecular weight is 384 g/mol. The van der Waals surface area contributed by atoms with E-state index >= 15 is 0 Å². The first-order chi connectivity index (χ1) is 12.3. The van der Waals surface area contributed by atoms with E-state index in [1.807, 2.05) is 0 Å². The molecule has 0 bridgehead atoms. The molecule has 0 unspecified atom stereocenters. The Hall–Kier alpha value is -2.22. The highest BCUT2D eigenvalue weighted by Crippen LogP contribution is 2.34. The molecule has 2 N–H and O–H groups in total. The van der Waals surface area contributed by atoms with Crippen LogP contribution in [0.4, 0.5) is 30.2 Å². The van der Waals surface area contributed by atoms with Gasteiger partial charge in [-0.15, -0.1) is 0 Å². The van der Waals surface area contributed by atoms with Gasteiger partial charge in [-0.25, -0.2) is 21.6 Å². The SMILES string of the molecule is Cc1ccc(Nc2c(NS(=O)(=O)C3CCCC3)ccc(F)c2F)c(F)c1. The first-order valence-electron chi connectivity index (χ1n) is 8.31. The smallest absolute Gasteiger partial charge is 0.235 e. The molecular weight excluding hydrogens is 365 g/mol. The molecule has 0 spiro atoms. The lowest BCUT2D eigenvalue weighted by Crippen LogP contribution is -2.25. The first kappa shape index (κ1) is 18.6. The standard InChI is InChI=1S/C18H19F3N2O2S/c1-11-6-8-15(14(20)10-11)22-18-16(9-7-13(19)17(18)21)23-26(24,25)12-4-2-3-5-12/h6-10,12,22-23H,2-5H2,1H3. The Morgan fingerprint density at radius 3 is 2.27 bits per heavy atom. The molecule has 1 fully saturated rings. The summed E-state index contributed by atoms with van der Waals surface area (Å²) < 4.78 is 69.4. The minimum atomic E-state index is -3.75. The summed E-state index contributed by atoms with van der Waals surface area (Å²) in [5.41, 5.74) is -0.0264. The molecule has 1 aliphatic rings. The number of hydrogen-bond acceptors (Lipinski definition) is 3. The van der Waals surface area contributed by atoms with Gasteiger partial charge < -0.3 is 5.32 Å². The molecule has 0 amide bonds. The molecule has 0 aliphatic heterocycles. The van der Waals surface area contributed by atoms with E-state index in [0.717, 1.165) is 25.0 Å². The van der Waals surface area contributed by atoms with Crippen LogP contribution in [0.15, 0.2) is 30.3 Å². The Morgan fingerprint density at radius 1 is 0.962 bits per heavy atom. The minimum Gasteiger partial charge on any atom is -0.349 e. The van der Waals surface area contributed by atoms with Crippen molar-refractivity contribution >= 4 is 27.1 Å². The van der Waals surface area contributed by atoms with Crippen molar-refractivity contribution in [2.45, 2.75) is 37.9 Å². The van der Waals surface area contributed by atoms with Gasteiger partial charge in [-0.3, -0.25) is 4.72 Å². The maximum Gasteiger partial charge on any atom is 0.235 e. The predicted octanol–water partition coefficient (Wildman–Crippen LogP) is 4.84. The van der Waals surface area contributed by atoms with Crippen LogP contribution in [0.2, 0.25) is 0 Å². The van der Waals surface area contributed by atoms with E-state index in [2.05, 4.69) is 10.0 Å². The third-order valence-electron chi connectivity index (χ3n) is 4.47. The summed E-state index contributed by atoms with van der Waals surface area (Å²) in [5.74, 6) is -3.10. The monoisotopic (exact) mass is 384 g/mol. The number of nitrogens with one attached hydrogen (secondary N) is 2. The van der Waals surface area contributed by atoms with E-state index in [1.54, 1.807) is 13.0 Å². The van der Waals surface area contributed by atoms with E-state index in [4.69, 9.17) is 0 Å². The fourth-order valence-electron chi connectivity index (χ4n) is 3.05. The molecular formula is C18H19F3N2O2S. The minimum absolute atomic E-state index is 0.0820. The number of benzene rings is 2. The second-order valence-corrected chi connectivity index (χ2v) is 8.41. The zero-order chi connectivity index (χ0) is 18.9. The van der Waals surface area contributed by atoms with Crippen molar-refractivity contribution in [3.63, 3.8) is 0 Å². The van der Waals surface area contributed by atoms with Crippen molar-refractivity contribution in [3.8, 4) is 0 Å². The second kappa shape index (κ2) is 7.19. The Balaban J connectivity index is 1.97. The van der Waals surface area contributed by atoms with E-state index in [1.165, 1.54) is 12.1 Å². The maximum atomic E-state index is 14.3. The molecule has 4 nitrogen and oxygen atoms in total. The predicted molar refractivity (Wildman–Crippen MR) is 95.6 cm³/mol. The van der Waals surface area contributed by atoms with Crippen LogP contribution in [0.25, 0.3) is 0 Å². The topological polar surface area (TPSA) is 58.2 Å². The summed E-state index contributed by atoms with van der Waals surface area (Å²) in [5, 5.41) is 1.90. The van der Waals surface area contributed by atoms with Crippen molar-refractivity contribution in [1.82, 2.24) is 0 Å². The lowest BCUT2D eigenvalue weighted by molar-refractivity contribution is 0.512. The Kier molecular flexibility index (Phi) is 5.13. The highest BCUT2D eigenvalue weighted by Gasteiger charge is 2.30. The average Bonchev–Trinajstić information content (AvgIpc) is 3.11. The van der Waals surface area contributed by atoms with E-state index < -0.39 is 38.4 Å². The van der Waals surface area contributed by atoms with Crippen LogP contribution >= 0.6 is 0 Å². The van der Waals surface area contributed by atoms with Gasteiger partial charge in [-0.2, -0.15) is 0 Å². The molecule has 0 heterocycles. The molecule has 0 aromatic heterocycles. The Bertz CT molecular complexity index is 926. The van der Waals surface area contributed by atoms with E-state index in [-0.39, 0.29) is 11.4 Å². The summed E-state index contributed by atoms with van der Waals surface area (Å²) >= 11 is 0. The molecule has 0 radical (unpaired) electrons. The van der Waals surface area contributed by atoms with Crippen LogP contribution in [-0.2, 0) is 10.0 Å². The molecule has 1 saturated carbocycles. The van der Waals surface area contributed by atoms with Crippen LogP contribution in [0.1, 0.15) is 31.2 Å². The molecule has 3 rings (SSSR count). The molecule has 2 aromatic carbocycles. The molecule has 1 aliphatic carbocycles. The molecule has 2 aromatic rings. The largest absolute Gasteiger partial charge is 0.349 e. The number of rotatable bonds is 5. The van der Waals surface area contributed by atoms with Crippen molar-refractivity contribution in [1.29, 1.82) is 0 Å². The molecule has 26 heavy (non-hydrogen) atoms. The fraction of sp³-hybridized carbons (Fsp3) is 0.333. The quantitative estimate of drug-likeness (QED) is 0.776. The van der Waals surface area contributed by atoms with Gasteiger partial charge in [0.2, 0.25) is 10.0 Å². The van der Waals surface area contributed by atoms with E-state index in [9.17, 15) is 21.6 Å². The number of anilines is 3. The molecule has 140 valence electrons. The summed E-state index contributed by atoms with van der Waals surface area (Å²) in [6.45, 7) is 1.69. The number of sulfonamides is 1. The summed E-state index contributed by atoms with van der Waals surface area (Å²) in [6, 6.07) is 6.18. The summed E-state index contributed by atoms with van der Waals surface area (Å²) in [7, 11) is -3.75. The lowest BCUT2D eigenvalue weighted by Gasteiger charge is -2.18. The Morgan fingerprint density at radius 2 is 1.62 bits per heavy atom. The summed E-state index contributed by atoms with van der Waals surface area (Å²) in [6.07, 6.45) is 2.66. The van der Waals surface area contributed by atoms with Crippen LogP contribution in [0.5, 0.6) is 0 Å². The van der Waals surface area contributed by atoms with Crippen molar-refractivity contribution in [2.75, 3.05) is 10.0 Å². The zero-order valence-electron chi connectivity index (χ0n) is 14.2. The van der Waals surface area contributed by atoms with Gasteiger partial charge >= 0.3 is 0 Å². The van der Waals surface area contributed by atoms with Crippen LogP contribution in [-0.4, -0.2) is 13.7 Å². The zero-order valence-corrected chi connectivity index (χ0v) is 15.0. The van der Waals surface area contributed by atoms with Crippen LogP contribution < -0.4 is 10.0 Å². The van der Waals surface area contributed by atoms with Crippen molar-refractivity contribution < 1.29 is 21.6 Å². The third-order valence-corrected chi connectivity index (χ3v) is 6.33. The number of halogens is 3. The third kappa shape index (κ3) is 3.80. The summed E-state index contributed by atoms with van der Waals surface area (Å²) in [4.78, 5) is 0. The first-order valence-corrected chi connectivity index (χ1v) is 9.85. The number of hydrogen-bond donors (Lipinski definition) is 2. The van der Waals surface area contributed by atoms with Crippen molar-refractivity contribution in [2.24, 2.45) is 0 Å². The van der Waals surface area contributed by atoms with Gasteiger partial charge in [-0.05, 0) is 49.6 Å². The molecule has 0 saturated heterocycles. The van der Waals surface area contributed by atoms with Crippen molar-refractivity contribution in [3.05, 3.63) is 53.3 Å². The highest BCUT2D eigenvalue weighted by molar-refractivity contribution is 7.93. The van der Waals surface area contributed by atoms with Gasteiger partial charge in [-0.1, -0.05) is 18.9 Å². The van der Waals surface area contributed by atoms with Gasteiger partial charge in [0.25, 0.3) is 0 Å². The lowest BCUT2D eigenvalue weighted by atomic mass is 10.2. The normalized spacial score (nSPS) is 15.2. The molecule has 0 atom stereocenters. The second-order valence-electron chi connectivity index (χ2n) is 6.45. The van der Waals surface area contributed by atoms with Crippen LogP contribution in [0, 0.1) is 24.4 Å². The van der Waals surface area contributed by atoms with Gasteiger partial charge in [0.05, 0.1) is 16.6 Å². The van der Waals surface area contributed by atoms with E-state index in [0.29, 0.717) is 18.4 Å². The highest BCUT2D eigenvalue weighted by atomic mass is 32.2. The van der Waals surface area contributed by atoms with Gasteiger partial charge in [0, 0.05) is 0 Å². The van der Waals surface area contributed by atoms with Gasteiger partial charge in [0.1, 0.15) is 11.5 Å². The molecule has 8 heteroatoms. The fourth-order valence-corrected chi connectivity index (χ4v) is 4.65. The Labute approximate surface area is 150 Å². The van der Waals surface area contributed by atoms with Gasteiger partial charge in [0.15, 0.2) is 11.6 Å². The number of aryl methyl sites for hydroxylation is 1. The van der Waals surface area contributed by atoms with Crippen LogP contribution in [0.3, 0.4) is 0 Å².